The van der Waals surface area contributed by atoms with Gasteiger partial charge in [0, 0.05) is 16.0 Å². The molecule has 10 heteroatoms. The largest absolute Gasteiger partial charge is 0.385 e. The average Bonchev–Trinajstić information content (AvgIpc) is 3.26. The minimum absolute atomic E-state index is 0.317. The molecular formula is C24H16Cl2N4O3S. The van der Waals surface area contributed by atoms with Crippen LogP contribution in [0.2, 0.25) is 10.0 Å². The summed E-state index contributed by atoms with van der Waals surface area (Å²) in [4.78, 5) is 30.3. The first-order chi connectivity index (χ1) is 16.4. The Morgan fingerprint density at radius 1 is 1.00 bits per heavy atom. The van der Waals surface area contributed by atoms with Gasteiger partial charge in [0.25, 0.3) is 5.56 Å². The SMILES string of the molecule is O=c1cnn(-c2ccc(C(c3ccc(Cl)cc3)C(O)c3nc4ccccc4s3)c(Cl)c2)c(=O)[nH]1. The number of aromatic amines is 1. The molecule has 0 amide bonds. The first-order valence-electron chi connectivity index (χ1n) is 10.2. The molecule has 0 aliphatic carbocycles. The molecule has 170 valence electrons. The van der Waals surface area contributed by atoms with E-state index in [9.17, 15) is 14.7 Å². The van der Waals surface area contributed by atoms with Crippen molar-refractivity contribution >= 4 is 44.8 Å². The second-order valence-corrected chi connectivity index (χ2v) is 9.46. The van der Waals surface area contributed by atoms with E-state index in [1.807, 2.05) is 36.4 Å². The number of hydrogen-bond acceptors (Lipinski definition) is 6. The number of halogens is 2. The van der Waals surface area contributed by atoms with Crippen molar-refractivity contribution in [1.82, 2.24) is 19.7 Å². The van der Waals surface area contributed by atoms with Crippen LogP contribution in [0.4, 0.5) is 0 Å². The lowest BCUT2D eigenvalue weighted by Gasteiger charge is -2.24. The number of H-pyrrole nitrogens is 1. The minimum atomic E-state index is -0.990. The third kappa shape index (κ3) is 4.28. The second-order valence-electron chi connectivity index (χ2n) is 7.55. The molecule has 0 aliphatic rings. The number of nitrogens with zero attached hydrogens (tertiary/aromatic N) is 3. The van der Waals surface area contributed by atoms with Crippen LogP contribution in [-0.4, -0.2) is 24.9 Å². The Morgan fingerprint density at radius 2 is 1.76 bits per heavy atom. The Hall–Kier alpha value is -3.30. The molecule has 7 nitrogen and oxygen atoms in total. The zero-order valence-electron chi connectivity index (χ0n) is 17.4. The summed E-state index contributed by atoms with van der Waals surface area (Å²) in [5.74, 6) is -0.556. The minimum Gasteiger partial charge on any atom is -0.385 e. The summed E-state index contributed by atoms with van der Waals surface area (Å²) >= 11 is 14.2. The summed E-state index contributed by atoms with van der Waals surface area (Å²) in [6.45, 7) is 0. The molecule has 5 rings (SSSR count). The first-order valence-corrected chi connectivity index (χ1v) is 11.8. The van der Waals surface area contributed by atoms with Gasteiger partial charge < -0.3 is 5.11 Å². The lowest BCUT2D eigenvalue weighted by atomic mass is 9.86. The molecule has 0 bridgehead atoms. The number of aliphatic hydroxyl groups excluding tert-OH is 1. The number of aliphatic hydroxyl groups is 1. The molecular weight excluding hydrogens is 495 g/mol. The van der Waals surface area contributed by atoms with Gasteiger partial charge in [-0.2, -0.15) is 9.78 Å². The van der Waals surface area contributed by atoms with Crippen molar-refractivity contribution in [3.63, 3.8) is 0 Å². The van der Waals surface area contributed by atoms with Crippen molar-refractivity contribution in [1.29, 1.82) is 0 Å². The molecule has 0 spiro atoms. The Labute approximate surface area is 206 Å². The molecule has 5 aromatic rings. The molecule has 0 saturated carbocycles. The molecule has 2 unspecified atom stereocenters. The normalized spacial score (nSPS) is 13.1. The van der Waals surface area contributed by atoms with Gasteiger partial charge in [0.15, 0.2) is 0 Å². The maximum atomic E-state index is 12.1. The van der Waals surface area contributed by atoms with Crippen LogP contribution in [0.5, 0.6) is 0 Å². The molecule has 2 N–H and O–H groups in total. The summed E-state index contributed by atoms with van der Waals surface area (Å²) in [5.41, 5.74) is 1.34. The quantitative estimate of drug-likeness (QED) is 0.356. The molecule has 0 aliphatic heterocycles. The van der Waals surface area contributed by atoms with Crippen LogP contribution in [0.15, 0.2) is 82.5 Å². The van der Waals surface area contributed by atoms with Crippen LogP contribution in [0, 0.1) is 0 Å². The number of para-hydroxylation sites is 1. The molecule has 3 aromatic carbocycles. The topological polar surface area (TPSA) is 101 Å². The van der Waals surface area contributed by atoms with E-state index in [-0.39, 0.29) is 0 Å². The molecule has 34 heavy (non-hydrogen) atoms. The Morgan fingerprint density at radius 3 is 2.47 bits per heavy atom. The standard InChI is InChI=1S/C24H16Cl2N4O3S/c25-14-7-5-13(6-8-14)21(22(32)23-28-18-3-1-2-4-19(18)34-23)16-10-9-15(11-17(16)26)30-24(33)29-20(31)12-27-30/h1-12,21-22,32H,(H,29,31,33). The van der Waals surface area contributed by atoms with Gasteiger partial charge in [-0.15, -0.1) is 11.3 Å². The summed E-state index contributed by atoms with van der Waals surface area (Å²) in [7, 11) is 0. The van der Waals surface area contributed by atoms with E-state index >= 15 is 0 Å². The monoisotopic (exact) mass is 510 g/mol. The van der Waals surface area contributed by atoms with E-state index in [1.54, 1.807) is 30.3 Å². The van der Waals surface area contributed by atoms with Crippen LogP contribution >= 0.6 is 34.5 Å². The van der Waals surface area contributed by atoms with Gasteiger partial charge >= 0.3 is 5.69 Å². The van der Waals surface area contributed by atoms with E-state index in [1.165, 1.54) is 11.3 Å². The van der Waals surface area contributed by atoms with Crippen molar-refractivity contribution < 1.29 is 5.11 Å². The highest BCUT2D eigenvalue weighted by molar-refractivity contribution is 7.18. The average molecular weight is 511 g/mol. The van der Waals surface area contributed by atoms with Gasteiger partial charge in [0.2, 0.25) is 0 Å². The zero-order valence-corrected chi connectivity index (χ0v) is 19.7. The van der Waals surface area contributed by atoms with Gasteiger partial charge in [-0.05, 0) is 47.5 Å². The Balaban J connectivity index is 1.62. The van der Waals surface area contributed by atoms with Crippen LogP contribution in [0.3, 0.4) is 0 Å². The number of fused-ring (bicyclic) bond motifs is 1. The molecule has 0 fully saturated rings. The highest BCUT2D eigenvalue weighted by atomic mass is 35.5. The summed E-state index contributed by atoms with van der Waals surface area (Å²) in [5, 5.41) is 16.8. The third-order valence-corrected chi connectivity index (χ3v) is 7.07. The van der Waals surface area contributed by atoms with Crippen LogP contribution in [0.25, 0.3) is 15.9 Å². The van der Waals surface area contributed by atoms with E-state index in [0.717, 1.165) is 26.7 Å². The van der Waals surface area contributed by atoms with Gasteiger partial charge in [-0.25, -0.2) is 9.78 Å². The van der Waals surface area contributed by atoms with Gasteiger partial charge in [-0.3, -0.25) is 9.78 Å². The van der Waals surface area contributed by atoms with Crippen molar-refractivity contribution in [2.75, 3.05) is 0 Å². The fraction of sp³-hybridized carbons (Fsp3) is 0.0833. The number of thiazole rings is 1. The molecule has 0 radical (unpaired) electrons. The second kappa shape index (κ2) is 9.15. The molecule has 2 heterocycles. The highest BCUT2D eigenvalue weighted by Gasteiger charge is 2.29. The summed E-state index contributed by atoms with van der Waals surface area (Å²) in [6, 6.07) is 19.8. The number of nitrogens with one attached hydrogen (secondary N) is 1. The summed E-state index contributed by atoms with van der Waals surface area (Å²) in [6.07, 6.45) is 0.0206. The van der Waals surface area contributed by atoms with Crippen LogP contribution in [0.1, 0.15) is 28.2 Å². The van der Waals surface area contributed by atoms with Gasteiger partial charge in [-0.1, -0.05) is 53.5 Å². The molecule has 2 aromatic heterocycles. The Kier molecular flexibility index (Phi) is 6.05. The molecule has 2 atom stereocenters. The van der Waals surface area contributed by atoms with E-state index in [4.69, 9.17) is 23.2 Å². The van der Waals surface area contributed by atoms with E-state index in [2.05, 4.69) is 15.1 Å². The predicted octanol–water partition coefficient (Wildman–Crippen LogP) is 4.70. The van der Waals surface area contributed by atoms with Crippen molar-refractivity contribution in [2.45, 2.75) is 12.0 Å². The van der Waals surface area contributed by atoms with Crippen molar-refractivity contribution in [2.24, 2.45) is 0 Å². The fourth-order valence-corrected chi connectivity index (χ4v) is 5.21. The number of rotatable bonds is 5. The number of hydrogen-bond donors (Lipinski definition) is 2. The van der Waals surface area contributed by atoms with Crippen LogP contribution in [-0.2, 0) is 0 Å². The number of benzene rings is 3. The molecule has 0 saturated heterocycles. The zero-order chi connectivity index (χ0) is 23.8. The maximum Gasteiger partial charge on any atom is 0.349 e. The predicted molar refractivity (Wildman–Crippen MR) is 133 cm³/mol. The smallest absolute Gasteiger partial charge is 0.349 e. The first kappa shape index (κ1) is 22.5. The van der Waals surface area contributed by atoms with E-state index < -0.39 is 23.3 Å². The maximum absolute atomic E-state index is 12.1. The third-order valence-electron chi connectivity index (χ3n) is 5.38. The van der Waals surface area contributed by atoms with E-state index in [0.29, 0.717) is 26.3 Å². The lowest BCUT2D eigenvalue weighted by molar-refractivity contribution is 0.159. The highest BCUT2D eigenvalue weighted by Crippen LogP contribution is 2.42. The Bertz CT molecular complexity index is 1580. The fourth-order valence-electron chi connectivity index (χ4n) is 3.80. The summed E-state index contributed by atoms with van der Waals surface area (Å²) < 4.78 is 2.01. The van der Waals surface area contributed by atoms with Crippen molar-refractivity contribution in [3.05, 3.63) is 120 Å². The lowest BCUT2D eigenvalue weighted by Crippen LogP contribution is -2.30. The van der Waals surface area contributed by atoms with Crippen molar-refractivity contribution in [3.8, 4) is 5.69 Å². The van der Waals surface area contributed by atoms with Gasteiger partial charge in [0.1, 0.15) is 17.3 Å². The van der Waals surface area contributed by atoms with Crippen LogP contribution < -0.4 is 11.2 Å². The number of aromatic nitrogens is 4. The van der Waals surface area contributed by atoms with Gasteiger partial charge in [0.05, 0.1) is 15.9 Å².